The number of amides is 2. The second kappa shape index (κ2) is 10.1. The quantitative estimate of drug-likeness (QED) is 0.0901. The first kappa shape index (κ1) is 26.9. The second-order valence-corrected chi connectivity index (χ2v) is 10.5. The average molecular weight is 574 g/mol. The molecule has 0 spiro atoms. The first-order chi connectivity index (χ1) is 16.3. The average Bonchev–Trinajstić information content (AvgIpc) is 3.11. The Morgan fingerprint density at radius 1 is 1.37 bits per heavy atom. The van der Waals surface area contributed by atoms with Crippen molar-refractivity contribution >= 4 is 75.3 Å². The van der Waals surface area contributed by atoms with Gasteiger partial charge in [0.25, 0.3) is 11.8 Å². The number of oxime groups is 1. The third-order valence-electron chi connectivity index (χ3n) is 4.87. The van der Waals surface area contributed by atoms with E-state index in [0.717, 1.165) is 16.2 Å². The number of nitrogens with two attached hydrogens (primary N) is 3. The summed E-state index contributed by atoms with van der Waals surface area (Å²) in [7, 11) is 0. The van der Waals surface area contributed by atoms with Gasteiger partial charge in [0.2, 0.25) is 0 Å². The minimum Gasteiger partial charge on any atom is -0.477 e. The van der Waals surface area contributed by atoms with Gasteiger partial charge in [0.05, 0.1) is 10.3 Å². The number of hydrogen-bond acceptors (Lipinski definition) is 12. The number of thioether (sulfide) groups is 1. The molecule has 9 N–H and O–H groups in total. The number of nitrogens with one attached hydrogen (secondary N) is 1. The molecular formula is C16H15ClF3N7O5S3. The maximum atomic E-state index is 13.0. The van der Waals surface area contributed by atoms with Crippen LogP contribution >= 0.6 is 46.6 Å². The lowest BCUT2D eigenvalue weighted by Gasteiger charge is -2.50. The summed E-state index contributed by atoms with van der Waals surface area (Å²) in [4.78, 5) is 41.9. The number of rotatable bonds is 7. The Morgan fingerprint density at radius 3 is 2.51 bits per heavy atom. The molecule has 0 bridgehead atoms. The molecule has 1 fully saturated rings. The second-order valence-electron chi connectivity index (χ2n) is 6.88. The number of carboxylic acid groups (broad SMARTS) is 1. The maximum absolute atomic E-state index is 13.0. The summed E-state index contributed by atoms with van der Waals surface area (Å²) in [5.74, 6) is -3.43. The van der Waals surface area contributed by atoms with Crippen LogP contribution in [-0.4, -0.2) is 62.0 Å². The molecule has 19 heteroatoms. The molecule has 1 saturated heterocycles. The number of carbonyl (C=O) groups is 3. The summed E-state index contributed by atoms with van der Waals surface area (Å²) >= 11 is 7.35. The number of carbonyl (C=O) groups excluding carboxylic acids is 2. The van der Waals surface area contributed by atoms with E-state index < -0.39 is 57.4 Å². The van der Waals surface area contributed by atoms with Gasteiger partial charge in [-0.3, -0.25) is 19.6 Å². The lowest BCUT2D eigenvalue weighted by molar-refractivity contribution is -0.155. The Kier molecular flexibility index (Phi) is 7.80. The van der Waals surface area contributed by atoms with E-state index in [1.165, 1.54) is 0 Å². The lowest BCUT2D eigenvalue weighted by Crippen LogP contribution is -2.72. The summed E-state index contributed by atoms with van der Waals surface area (Å²) in [6, 6.07) is -2.02. The maximum Gasteiger partial charge on any atom is 0.432 e. The van der Waals surface area contributed by atoms with Gasteiger partial charge in [0.1, 0.15) is 27.5 Å². The van der Waals surface area contributed by atoms with Crippen LogP contribution in [0.4, 0.5) is 18.3 Å². The molecule has 1 aromatic rings. The number of carboxylic acids is 1. The van der Waals surface area contributed by atoms with Gasteiger partial charge < -0.3 is 27.1 Å². The fourth-order valence-electron chi connectivity index (χ4n) is 3.37. The molecule has 2 amide bonds. The number of aliphatic carboxylic acids is 1. The van der Waals surface area contributed by atoms with Crippen LogP contribution in [0.2, 0.25) is 4.34 Å². The third-order valence-corrected chi connectivity index (χ3v) is 7.98. The molecule has 2 aliphatic rings. The van der Waals surface area contributed by atoms with Crippen LogP contribution in [0.25, 0.3) is 0 Å². The van der Waals surface area contributed by atoms with Crippen molar-refractivity contribution in [2.75, 3.05) is 5.73 Å². The summed E-state index contributed by atoms with van der Waals surface area (Å²) in [5.41, 5.74) is 7.75. The highest BCUT2D eigenvalue weighted by Gasteiger charge is 2.54. The number of hydrogen-bond donors (Lipinski definition) is 6. The van der Waals surface area contributed by atoms with Crippen molar-refractivity contribution in [3.05, 3.63) is 30.6 Å². The van der Waals surface area contributed by atoms with Crippen molar-refractivity contribution in [3.8, 4) is 0 Å². The molecular weight excluding hydrogens is 559 g/mol. The number of fused-ring (bicyclic) bond motifs is 1. The van der Waals surface area contributed by atoms with Crippen LogP contribution in [0, 0.1) is 0 Å². The molecule has 0 radical (unpaired) electrons. The molecule has 2 atom stereocenters. The number of halogens is 4. The number of nitrogens with zero attached hydrogens (tertiary/aromatic N) is 3. The highest BCUT2D eigenvalue weighted by Crippen LogP contribution is 2.46. The van der Waals surface area contributed by atoms with Crippen LogP contribution in [0.5, 0.6) is 0 Å². The largest absolute Gasteiger partial charge is 0.477 e. The summed E-state index contributed by atoms with van der Waals surface area (Å²) in [6.07, 6.45) is -4.84. The molecule has 35 heavy (non-hydrogen) atoms. The van der Waals surface area contributed by atoms with Gasteiger partial charge in [-0.1, -0.05) is 39.9 Å². The third kappa shape index (κ3) is 5.15. The standard InChI is InChI=1S/C16H15ClF3N7O5S3/c17-10-6(25-15(22)34-10)7(26-32)11(28)24-5-3-1-2-4(8(13(30)31)27(3)12(5)29)33-14(35-23)9(21)16(18,19)20/h3,5,32H,1-2,21,23H2,(H2,22,25)(H,24,28)(H,30,31)/b14-9-,26-7-/t3?,5-/m0/s1. The first-order valence-corrected chi connectivity index (χ1v) is 12.1. The Morgan fingerprint density at radius 2 is 2.03 bits per heavy atom. The van der Waals surface area contributed by atoms with Crippen LogP contribution < -0.4 is 21.9 Å². The van der Waals surface area contributed by atoms with Crippen LogP contribution in [0.1, 0.15) is 18.5 Å². The van der Waals surface area contributed by atoms with Gasteiger partial charge in [0.15, 0.2) is 10.8 Å². The van der Waals surface area contributed by atoms with E-state index in [0.29, 0.717) is 11.8 Å². The predicted octanol–water partition coefficient (Wildman–Crippen LogP) is 1.37. The molecule has 0 aliphatic carbocycles. The molecule has 1 aromatic heterocycles. The van der Waals surface area contributed by atoms with Gasteiger partial charge in [-0.25, -0.2) is 9.78 Å². The van der Waals surface area contributed by atoms with Gasteiger partial charge in [-0.05, 0) is 24.8 Å². The van der Waals surface area contributed by atoms with Gasteiger partial charge in [-0.2, -0.15) is 13.2 Å². The Labute approximate surface area is 211 Å². The van der Waals surface area contributed by atoms with Crippen LogP contribution in [-0.2, 0) is 14.4 Å². The lowest BCUT2D eigenvalue weighted by atomic mass is 9.86. The highest BCUT2D eigenvalue weighted by atomic mass is 35.5. The summed E-state index contributed by atoms with van der Waals surface area (Å²) in [5, 5.41) is 29.4. The Hall–Kier alpha value is -2.67. The topological polar surface area (TPSA) is 210 Å². The van der Waals surface area contributed by atoms with E-state index in [9.17, 15) is 37.9 Å². The fraction of sp³-hybridized carbons (Fsp3) is 0.312. The number of aromatic nitrogens is 1. The minimum atomic E-state index is -4.89. The molecule has 3 rings (SSSR count). The molecule has 1 unspecified atom stereocenters. The van der Waals surface area contributed by atoms with E-state index in [4.69, 9.17) is 28.2 Å². The number of anilines is 1. The molecule has 12 nitrogen and oxygen atoms in total. The molecule has 0 aromatic carbocycles. The van der Waals surface area contributed by atoms with Crippen molar-refractivity contribution in [2.45, 2.75) is 31.1 Å². The molecule has 3 heterocycles. The smallest absolute Gasteiger partial charge is 0.432 e. The Balaban J connectivity index is 1.84. The normalized spacial score (nSPS) is 21.3. The van der Waals surface area contributed by atoms with E-state index in [2.05, 4.69) is 15.5 Å². The van der Waals surface area contributed by atoms with Gasteiger partial charge >= 0.3 is 12.1 Å². The number of alkyl halides is 3. The predicted molar refractivity (Wildman–Crippen MR) is 123 cm³/mol. The number of β-lactam (4-membered cyclic amide) rings is 1. The highest BCUT2D eigenvalue weighted by molar-refractivity contribution is 8.23. The Bertz CT molecular complexity index is 1190. The minimum absolute atomic E-state index is 0.00591. The van der Waals surface area contributed by atoms with Crippen molar-refractivity contribution in [1.82, 2.24) is 15.2 Å². The molecule has 190 valence electrons. The first-order valence-electron chi connectivity index (χ1n) is 9.17. The zero-order valence-electron chi connectivity index (χ0n) is 17.0. The zero-order chi connectivity index (χ0) is 26.2. The van der Waals surface area contributed by atoms with Crippen molar-refractivity contribution in [2.24, 2.45) is 16.0 Å². The van der Waals surface area contributed by atoms with Crippen LogP contribution in [0.3, 0.4) is 0 Å². The van der Waals surface area contributed by atoms with Crippen LogP contribution in [0.15, 0.2) is 25.7 Å². The number of thiazole rings is 1. The van der Waals surface area contributed by atoms with Crippen molar-refractivity contribution in [3.63, 3.8) is 0 Å². The monoisotopic (exact) mass is 573 g/mol. The zero-order valence-corrected chi connectivity index (χ0v) is 20.2. The van der Waals surface area contributed by atoms with Gasteiger partial charge in [0, 0.05) is 4.91 Å². The van der Waals surface area contributed by atoms with Crippen molar-refractivity contribution < 1.29 is 37.9 Å². The number of nitrogen functional groups attached to an aromatic ring is 1. The van der Waals surface area contributed by atoms with E-state index in [1.54, 1.807) is 0 Å². The summed E-state index contributed by atoms with van der Waals surface area (Å²) in [6.45, 7) is 0. The van der Waals surface area contributed by atoms with E-state index in [1.807, 2.05) is 0 Å². The number of allylic oxidation sites excluding steroid dienone is 2. The van der Waals surface area contributed by atoms with E-state index in [-0.39, 0.29) is 44.9 Å². The summed E-state index contributed by atoms with van der Waals surface area (Å²) < 4.78 is 38.3. The van der Waals surface area contributed by atoms with E-state index >= 15 is 0 Å². The molecule has 2 aliphatic heterocycles. The SMILES string of the molecule is NS/C(SC1=C(C(=O)O)N2C(=O)[C@@H](NC(=O)/C(=N\O)c3nc(N)sc3Cl)C2CC1)=C(\N)C(F)(F)F. The van der Waals surface area contributed by atoms with Crippen molar-refractivity contribution in [1.29, 1.82) is 0 Å². The van der Waals surface area contributed by atoms with Gasteiger partial charge in [-0.15, -0.1) is 0 Å². The fourth-order valence-corrected chi connectivity index (χ4v) is 5.99. The molecule has 0 saturated carbocycles.